The van der Waals surface area contributed by atoms with Gasteiger partial charge in [-0.1, -0.05) is 0 Å². The molecule has 0 fully saturated rings. The zero-order chi connectivity index (χ0) is 5.11. The van der Waals surface area contributed by atoms with Gasteiger partial charge in [0.25, 0.3) is 0 Å². The molecule has 2 nitrogen and oxygen atoms in total. The highest BCUT2D eigenvalue weighted by Gasteiger charge is 1.85. The highest BCUT2D eigenvalue weighted by atomic mass is 32.1. The molecular formula is C4HN2S. The molecule has 1 heterocycles. The van der Waals surface area contributed by atoms with Crippen LogP contribution in [0.4, 0.5) is 0 Å². The molecule has 0 aliphatic heterocycles. The van der Waals surface area contributed by atoms with Gasteiger partial charge in [-0.25, -0.2) is 4.98 Å². The van der Waals surface area contributed by atoms with Crippen molar-refractivity contribution < 1.29 is 0 Å². The molecule has 0 aliphatic rings. The Hall–Kier alpha value is -0.880. The van der Waals surface area contributed by atoms with E-state index in [1.165, 1.54) is 17.5 Å². The second kappa shape index (κ2) is 1.71. The number of nitrogens with zero attached hydrogens (tertiary/aromatic N) is 2. The third kappa shape index (κ3) is 0.756. The standard InChI is InChI=1S/C4HN2S/c5-3-4-6-1-2-7-4/h1H. The minimum atomic E-state index is 0.472. The van der Waals surface area contributed by atoms with Crippen molar-refractivity contribution in [2.45, 2.75) is 0 Å². The van der Waals surface area contributed by atoms with Crippen LogP contribution in [0.2, 0.25) is 0 Å². The van der Waals surface area contributed by atoms with E-state index in [2.05, 4.69) is 10.4 Å². The van der Waals surface area contributed by atoms with Crippen LogP contribution < -0.4 is 0 Å². The summed E-state index contributed by atoms with van der Waals surface area (Å²) in [6, 6.07) is 1.88. The molecule has 0 atom stereocenters. The van der Waals surface area contributed by atoms with E-state index in [1.807, 2.05) is 6.07 Å². The summed E-state index contributed by atoms with van der Waals surface area (Å²) in [7, 11) is 0. The third-order valence-electron chi connectivity index (χ3n) is 0.486. The van der Waals surface area contributed by atoms with Crippen LogP contribution in [-0.2, 0) is 0 Å². The zero-order valence-corrected chi connectivity index (χ0v) is 4.20. The van der Waals surface area contributed by atoms with Gasteiger partial charge in [-0.2, -0.15) is 5.26 Å². The fourth-order valence-electron chi connectivity index (χ4n) is 0.245. The van der Waals surface area contributed by atoms with E-state index in [4.69, 9.17) is 5.26 Å². The normalized spacial score (nSPS) is 7.86. The van der Waals surface area contributed by atoms with Crippen molar-refractivity contribution in [2.75, 3.05) is 0 Å². The third-order valence-corrected chi connectivity index (χ3v) is 1.10. The maximum Gasteiger partial charge on any atom is 0.194 e. The average molecular weight is 109 g/mol. The first-order chi connectivity index (χ1) is 3.43. The topological polar surface area (TPSA) is 36.7 Å². The van der Waals surface area contributed by atoms with Crippen LogP contribution in [0.1, 0.15) is 5.01 Å². The van der Waals surface area contributed by atoms with Crippen molar-refractivity contribution in [1.82, 2.24) is 4.98 Å². The minimum absolute atomic E-state index is 0.472. The predicted molar refractivity (Wildman–Crippen MR) is 25.7 cm³/mol. The Labute approximate surface area is 45.0 Å². The maximum absolute atomic E-state index is 8.10. The van der Waals surface area contributed by atoms with Crippen LogP contribution in [0.15, 0.2) is 6.20 Å². The van der Waals surface area contributed by atoms with Gasteiger partial charge in [0.05, 0.1) is 5.38 Å². The predicted octanol–water partition coefficient (Wildman–Crippen LogP) is 0.815. The molecule has 0 unspecified atom stereocenters. The molecule has 1 aromatic rings. The number of aromatic nitrogens is 1. The van der Waals surface area contributed by atoms with Crippen molar-refractivity contribution in [2.24, 2.45) is 0 Å². The van der Waals surface area contributed by atoms with Crippen molar-refractivity contribution in [3.8, 4) is 6.07 Å². The second-order valence-corrected chi connectivity index (χ2v) is 1.72. The summed E-state index contributed by atoms with van der Waals surface area (Å²) in [6.45, 7) is 0. The van der Waals surface area contributed by atoms with Gasteiger partial charge in [-0.15, -0.1) is 11.3 Å². The molecule has 0 bridgehead atoms. The van der Waals surface area contributed by atoms with E-state index in [0.717, 1.165) is 0 Å². The maximum atomic E-state index is 8.10. The zero-order valence-electron chi connectivity index (χ0n) is 3.38. The van der Waals surface area contributed by atoms with Gasteiger partial charge >= 0.3 is 0 Å². The van der Waals surface area contributed by atoms with Crippen molar-refractivity contribution in [3.05, 3.63) is 16.6 Å². The number of nitriles is 1. The quantitative estimate of drug-likeness (QED) is 0.494. The highest BCUT2D eigenvalue weighted by Crippen LogP contribution is 1.98. The fourth-order valence-corrected chi connectivity index (χ4v) is 0.613. The lowest BCUT2D eigenvalue weighted by molar-refractivity contribution is 1.35. The summed E-state index contributed by atoms with van der Waals surface area (Å²) < 4.78 is 0. The minimum Gasteiger partial charge on any atom is -0.234 e. The van der Waals surface area contributed by atoms with E-state index in [9.17, 15) is 0 Å². The SMILES string of the molecule is N#Cc1nc[c]s1. The van der Waals surface area contributed by atoms with Gasteiger partial charge in [0.1, 0.15) is 6.07 Å². The number of thiazole rings is 1. The molecule has 33 valence electrons. The lowest BCUT2D eigenvalue weighted by atomic mass is 10.8. The first-order valence-electron chi connectivity index (χ1n) is 1.65. The van der Waals surface area contributed by atoms with Crippen LogP contribution in [-0.4, -0.2) is 4.98 Å². The first-order valence-corrected chi connectivity index (χ1v) is 2.47. The van der Waals surface area contributed by atoms with Gasteiger partial charge in [0.2, 0.25) is 0 Å². The van der Waals surface area contributed by atoms with E-state index < -0.39 is 0 Å². The lowest BCUT2D eigenvalue weighted by Crippen LogP contribution is -1.61. The number of hydrogen-bond acceptors (Lipinski definition) is 3. The van der Waals surface area contributed by atoms with E-state index >= 15 is 0 Å². The summed E-state index contributed by atoms with van der Waals surface area (Å²) >= 11 is 1.23. The van der Waals surface area contributed by atoms with Gasteiger partial charge in [-0.3, -0.25) is 0 Å². The van der Waals surface area contributed by atoms with Crippen molar-refractivity contribution in [3.63, 3.8) is 0 Å². The summed E-state index contributed by atoms with van der Waals surface area (Å²) in [6.07, 6.45) is 1.49. The summed E-state index contributed by atoms with van der Waals surface area (Å²) in [4.78, 5) is 3.64. The molecule has 7 heavy (non-hydrogen) atoms. The van der Waals surface area contributed by atoms with Gasteiger partial charge in [0, 0.05) is 6.20 Å². The Morgan fingerprint density at radius 1 is 2.00 bits per heavy atom. The molecular weight excluding hydrogens is 108 g/mol. The van der Waals surface area contributed by atoms with Crippen LogP contribution in [0.25, 0.3) is 0 Å². The number of rotatable bonds is 0. The smallest absolute Gasteiger partial charge is 0.194 e. The summed E-state index contributed by atoms with van der Waals surface area (Å²) in [5.74, 6) is 0. The first kappa shape index (κ1) is 4.28. The molecule has 0 amide bonds. The molecule has 1 rings (SSSR count). The largest absolute Gasteiger partial charge is 0.234 e. The monoisotopic (exact) mass is 109 g/mol. The Bertz CT molecular complexity index is 172. The highest BCUT2D eigenvalue weighted by molar-refractivity contribution is 7.09. The van der Waals surface area contributed by atoms with E-state index in [1.54, 1.807) is 0 Å². The second-order valence-electron chi connectivity index (χ2n) is 0.895. The Kier molecular flexibility index (Phi) is 1.05. The number of hydrogen-bond donors (Lipinski definition) is 0. The summed E-state index contributed by atoms with van der Waals surface area (Å²) in [5.41, 5.74) is 0. The Morgan fingerprint density at radius 3 is 3.14 bits per heavy atom. The molecule has 0 aromatic carbocycles. The van der Waals surface area contributed by atoms with Crippen LogP contribution in [0.3, 0.4) is 0 Å². The molecule has 3 heteroatoms. The van der Waals surface area contributed by atoms with Gasteiger partial charge < -0.3 is 0 Å². The van der Waals surface area contributed by atoms with Crippen molar-refractivity contribution in [1.29, 1.82) is 5.26 Å². The Balaban J connectivity index is 3.04. The fraction of sp³-hybridized carbons (Fsp3) is 0. The molecule has 1 radical (unpaired) electrons. The van der Waals surface area contributed by atoms with Gasteiger partial charge in [-0.05, 0) is 0 Å². The lowest BCUT2D eigenvalue weighted by Gasteiger charge is -1.61. The molecule has 0 N–H and O–H groups in total. The molecule has 0 saturated carbocycles. The van der Waals surface area contributed by atoms with Crippen LogP contribution in [0.5, 0.6) is 0 Å². The van der Waals surface area contributed by atoms with Crippen LogP contribution in [0, 0.1) is 16.7 Å². The van der Waals surface area contributed by atoms with Crippen molar-refractivity contribution >= 4 is 11.3 Å². The van der Waals surface area contributed by atoms with E-state index in [-0.39, 0.29) is 0 Å². The van der Waals surface area contributed by atoms with E-state index in [0.29, 0.717) is 5.01 Å². The molecule has 1 aromatic heterocycles. The molecule has 0 spiro atoms. The van der Waals surface area contributed by atoms with Gasteiger partial charge in [0.15, 0.2) is 5.01 Å². The average Bonchev–Trinajstić information content (AvgIpc) is 2.14. The Morgan fingerprint density at radius 2 is 2.86 bits per heavy atom. The molecule has 0 aliphatic carbocycles. The molecule has 0 saturated heterocycles. The summed E-state index contributed by atoms with van der Waals surface area (Å²) in [5, 5.41) is 11.3. The van der Waals surface area contributed by atoms with Crippen LogP contribution >= 0.6 is 11.3 Å².